The second kappa shape index (κ2) is 9.09. The lowest BCUT2D eigenvalue weighted by molar-refractivity contribution is -0.384. The van der Waals surface area contributed by atoms with E-state index in [0.29, 0.717) is 24.9 Å². The molecule has 1 aromatic rings. The smallest absolute Gasteiger partial charge is 0.319 e. The highest BCUT2D eigenvalue weighted by molar-refractivity contribution is 5.89. The van der Waals surface area contributed by atoms with E-state index in [4.69, 9.17) is 4.74 Å². The summed E-state index contributed by atoms with van der Waals surface area (Å²) >= 11 is 0. The molecule has 0 unspecified atom stereocenters. The normalized spacial score (nSPS) is 15.1. The average molecular weight is 321 g/mol. The van der Waals surface area contributed by atoms with Crippen LogP contribution in [0.1, 0.15) is 38.5 Å². The number of nitrogens with zero attached hydrogens (tertiary/aromatic N) is 1. The first kappa shape index (κ1) is 17.2. The number of urea groups is 1. The van der Waals surface area contributed by atoms with Crippen molar-refractivity contribution in [1.82, 2.24) is 5.32 Å². The average Bonchev–Trinajstić information content (AvgIpc) is 2.55. The number of non-ortho nitro benzene ring substituents is 1. The molecule has 1 fully saturated rings. The number of nitrogens with one attached hydrogen (secondary N) is 2. The van der Waals surface area contributed by atoms with E-state index < -0.39 is 4.92 Å². The summed E-state index contributed by atoms with van der Waals surface area (Å²) in [4.78, 5) is 21.9. The van der Waals surface area contributed by atoms with Crippen LogP contribution in [0.4, 0.5) is 16.2 Å². The predicted octanol–water partition coefficient (Wildman–Crippen LogP) is 3.46. The highest BCUT2D eigenvalue weighted by Crippen LogP contribution is 2.20. The molecule has 0 aliphatic heterocycles. The summed E-state index contributed by atoms with van der Waals surface area (Å²) in [7, 11) is 0. The van der Waals surface area contributed by atoms with Crippen LogP contribution < -0.4 is 10.6 Å². The summed E-state index contributed by atoms with van der Waals surface area (Å²) in [6.45, 7) is 1.15. The zero-order valence-electron chi connectivity index (χ0n) is 13.1. The van der Waals surface area contributed by atoms with Gasteiger partial charge < -0.3 is 15.4 Å². The van der Waals surface area contributed by atoms with Crippen molar-refractivity contribution in [1.29, 1.82) is 0 Å². The fourth-order valence-electron chi connectivity index (χ4n) is 2.63. The second-order valence-electron chi connectivity index (χ2n) is 5.67. The van der Waals surface area contributed by atoms with Crippen molar-refractivity contribution in [3.8, 4) is 0 Å². The van der Waals surface area contributed by atoms with Gasteiger partial charge in [-0.25, -0.2) is 4.79 Å². The maximum atomic E-state index is 11.7. The minimum Gasteiger partial charge on any atom is -0.378 e. The van der Waals surface area contributed by atoms with Gasteiger partial charge in [-0.3, -0.25) is 10.1 Å². The molecule has 1 saturated carbocycles. The Kier molecular flexibility index (Phi) is 6.80. The van der Waals surface area contributed by atoms with Crippen LogP contribution in [0.3, 0.4) is 0 Å². The van der Waals surface area contributed by atoms with Crippen molar-refractivity contribution in [2.45, 2.75) is 44.6 Å². The second-order valence-corrected chi connectivity index (χ2v) is 5.67. The van der Waals surface area contributed by atoms with Gasteiger partial charge in [-0.15, -0.1) is 0 Å². The third kappa shape index (κ3) is 6.23. The number of hydrogen-bond donors (Lipinski definition) is 2. The van der Waals surface area contributed by atoms with Crippen LogP contribution in [0.15, 0.2) is 24.3 Å². The summed E-state index contributed by atoms with van der Waals surface area (Å²) in [5, 5.41) is 16.0. The molecule has 7 nitrogen and oxygen atoms in total. The van der Waals surface area contributed by atoms with E-state index in [0.717, 1.165) is 19.3 Å². The molecule has 0 radical (unpaired) electrons. The molecule has 0 saturated heterocycles. The van der Waals surface area contributed by atoms with Crippen molar-refractivity contribution in [2.75, 3.05) is 18.5 Å². The first-order valence-electron chi connectivity index (χ1n) is 8.06. The fourth-order valence-corrected chi connectivity index (χ4v) is 2.63. The molecule has 0 heterocycles. The van der Waals surface area contributed by atoms with E-state index in [1.165, 1.54) is 37.5 Å². The molecule has 2 N–H and O–H groups in total. The number of nitro benzene ring substituents is 1. The van der Waals surface area contributed by atoms with Crippen molar-refractivity contribution in [2.24, 2.45) is 0 Å². The van der Waals surface area contributed by atoms with Gasteiger partial charge in [-0.1, -0.05) is 25.3 Å². The molecular weight excluding hydrogens is 298 g/mol. The Morgan fingerprint density at radius 3 is 2.83 bits per heavy atom. The number of carbonyl (C=O) groups excluding carboxylic acids is 1. The molecule has 126 valence electrons. The summed E-state index contributed by atoms with van der Waals surface area (Å²) in [6.07, 6.45) is 7.20. The lowest BCUT2D eigenvalue weighted by Crippen LogP contribution is -2.30. The number of carbonyl (C=O) groups is 1. The van der Waals surface area contributed by atoms with Gasteiger partial charge in [-0.05, 0) is 25.3 Å². The number of nitro groups is 1. The molecular formula is C16H23N3O4. The van der Waals surface area contributed by atoms with Crippen LogP contribution in [0, 0.1) is 10.1 Å². The molecule has 2 rings (SSSR count). The molecule has 7 heteroatoms. The quantitative estimate of drug-likeness (QED) is 0.457. The fraction of sp³-hybridized carbons (Fsp3) is 0.562. The first-order valence-corrected chi connectivity index (χ1v) is 8.06. The van der Waals surface area contributed by atoms with Gasteiger partial charge in [-0.2, -0.15) is 0 Å². The van der Waals surface area contributed by atoms with E-state index in [1.54, 1.807) is 6.07 Å². The highest BCUT2D eigenvalue weighted by Gasteiger charge is 2.13. The van der Waals surface area contributed by atoms with E-state index in [1.807, 2.05) is 0 Å². The summed E-state index contributed by atoms with van der Waals surface area (Å²) in [6, 6.07) is 5.48. The van der Waals surface area contributed by atoms with Crippen molar-refractivity contribution in [3.63, 3.8) is 0 Å². The minimum atomic E-state index is -0.494. The largest absolute Gasteiger partial charge is 0.378 e. The van der Waals surface area contributed by atoms with Gasteiger partial charge >= 0.3 is 6.03 Å². The van der Waals surface area contributed by atoms with Crippen LogP contribution in [-0.4, -0.2) is 30.2 Å². The Bertz CT molecular complexity index is 530. The van der Waals surface area contributed by atoms with Crippen molar-refractivity contribution >= 4 is 17.4 Å². The lowest BCUT2D eigenvalue weighted by atomic mass is 9.98. The summed E-state index contributed by atoms with van der Waals surface area (Å²) < 4.78 is 5.78. The molecule has 23 heavy (non-hydrogen) atoms. The number of anilines is 1. The Morgan fingerprint density at radius 2 is 2.09 bits per heavy atom. The topological polar surface area (TPSA) is 93.5 Å². The van der Waals surface area contributed by atoms with E-state index >= 15 is 0 Å². The first-order chi connectivity index (χ1) is 11.1. The monoisotopic (exact) mass is 321 g/mol. The Balaban J connectivity index is 1.61. The molecule has 0 bridgehead atoms. The number of benzene rings is 1. The molecule has 0 spiro atoms. The SMILES string of the molecule is O=C(NCCCOC1CCCCC1)Nc1cccc([N+](=O)[O-])c1. The summed E-state index contributed by atoms with van der Waals surface area (Å²) in [5.41, 5.74) is 0.346. The van der Waals surface area contributed by atoms with Gasteiger partial charge in [0.15, 0.2) is 0 Å². The Morgan fingerprint density at radius 1 is 1.30 bits per heavy atom. The number of ether oxygens (including phenoxy) is 1. The summed E-state index contributed by atoms with van der Waals surface area (Å²) in [5.74, 6) is 0. The number of hydrogen-bond acceptors (Lipinski definition) is 4. The molecule has 0 aromatic heterocycles. The number of rotatable bonds is 7. The van der Waals surface area contributed by atoms with E-state index in [-0.39, 0.29) is 11.7 Å². The Hall–Kier alpha value is -2.15. The van der Waals surface area contributed by atoms with E-state index in [9.17, 15) is 14.9 Å². The molecule has 1 aliphatic rings. The van der Waals surface area contributed by atoms with Crippen LogP contribution >= 0.6 is 0 Å². The molecule has 0 atom stereocenters. The molecule has 2 amide bonds. The standard InChI is InChI=1S/C16H23N3O4/c20-16(18-13-6-4-7-14(12-13)19(21)22)17-10-5-11-23-15-8-2-1-3-9-15/h4,6-7,12,15H,1-3,5,8-11H2,(H2,17,18,20). The zero-order chi connectivity index (χ0) is 16.5. The Labute approximate surface area is 135 Å². The van der Waals surface area contributed by atoms with Gasteiger partial charge in [0, 0.05) is 31.0 Å². The van der Waals surface area contributed by atoms with Gasteiger partial charge in [0.2, 0.25) is 0 Å². The number of amides is 2. The zero-order valence-corrected chi connectivity index (χ0v) is 13.1. The van der Waals surface area contributed by atoms with Gasteiger partial charge in [0.05, 0.1) is 11.0 Å². The highest BCUT2D eigenvalue weighted by atomic mass is 16.6. The van der Waals surface area contributed by atoms with E-state index in [2.05, 4.69) is 10.6 Å². The maximum Gasteiger partial charge on any atom is 0.319 e. The van der Waals surface area contributed by atoms with Crippen molar-refractivity contribution in [3.05, 3.63) is 34.4 Å². The van der Waals surface area contributed by atoms with Gasteiger partial charge in [0.25, 0.3) is 5.69 Å². The molecule has 1 aromatic carbocycles. The van der Waals surface area contributed by atoms with Crippen LogP contribution in [-0.2, 0) is 4.74 Å². The third-order valence-electron chi connectivity index (χ3n) is 3.83. The minimum absolute atomic E-state index is 0.0521. The van der Waals surface area contributed by atoms with Crippen LogP contribution in [0.2, 0.25) is 0 Å². The van der Waals surface area contributed by atoms with Crippen molar-refractivity contribution < 1.29 is 14.5 Å². The van der Waals surface area contributed by atoms with Crippen LogP contribution in [0.5, 0.6) is 0 Å². The maximum absolute atomic E-state index is 11.7. The predicted molar refractivity (Wildman–Crippen MR) is 87.6 cm³/mol. The lowest BCUT2D eigenvalue weighted by Gasteiger charge is -2.21. The van der Waals surface area contributed by atoms with Crippen LogP contribution in [0.25, 0.3) is 0 Å². The molecule has 1 aliphatic carbocycles. The van der Waals surface area contributed by atoms with Gasteiger partial charge in [0.1, 0.15) is 0 Å². The third-order valence-corrected chi connectivity index (χ3v) is 3.83.